The van der Waals surface area contributed by atoms with Gasteiger partial charge in [0.1, 0.15) is 17.1 Å². The SMILES string of the molecule is CCc1nc2cc3c(cc2[nH]c1=O)CN1CCN(c2ccc(C(=O)NC)nc2)C[C@@H]1CCO3. The highest BCUT2D eigenvalue weighted by Crippen LogP contribution is 2.30. The van der Waals surface area contributed by atoms with Crippen molar-refractivity contribution in [2.75, 3.05) is 38.2 Å². The molecule has 0 aliphatic carbocycles. The van der Waals surface area contributed by atoms with E-state index in [0.29, 0.717) is 30.5 Å². The maximum absolute atomic E-state index is 12.2. The van der Waals surface area contributed by atoms with Crippen molar-refractivity contribution < 1.29 is 9.53 Å². The zero-order valence-corrected chi connectivity index (χ0v) is 18.9. The van der Waals surface area contributed by atoms with Crippen molar-refractivity contribution in [1.82, 2.24) is 25.2 Å². The molecule has 33 heavy (non-hydrogen) atoms. The summed E-state index contributed by atoms with van der Waals surface area (Å²) in [7, 11) is 1.60. The first-order valence-corrected chi connectivity index (χ1v) is 11.4. The number of nitrogens with zero attached hydrogens (tertiary/aromatic N) is 4. The topological polar surface area (TPSA) is 103 Å². The van der Waals surface area contributed by atoms with Gasteiger partial charge in [0.25, 0.3) is 11.5 Å². The number of hydrogen-bond donors (Lipinski definition) is 2. The molecule has 1 fully saturated rings. The summed E-state index contributed by atoms with van der Waals surface area (Å²) >= 11 is 0. The molecule has 2 aromatic heterocycles. The number of fused-ring (bicyclic) bond motifs is 3. The molecule has 0 unspecified atom stereocenters. The van der Waals surface area contributed by atoms with Gasteiger partial charge in [-0.15, -0.1) is 0 Å². The van der Waals surface area contributed by atoms with E-state index in [0.717, 1.165) is 60.6 Å². The summed E-state index contributed by atoms with van der Waals surface area (Å²) in [6, 6.07) is 8.02. The maximum atomic E-state index is 12.2. The number of carbonyl (C=O) groups excluding carboxylic acids is 1. The molecule has 0 spiro atoms. The number of nitrogens with one attached hydrogen (secondary N) is 2. The third-order valence-corrected chi connectivity index (χ3v) is 6.54. The summed E-state index contributed by atoms with van der Waals surface area (Å²) in [6.07, 6.45) is 3.28. The molecule has 5 rings (SSSR count). The van der Waals surface area contributed by atoms with Gasteiger partial charge in [-0.2, -0.15) is 0 Å². The highest BCUT2D eigenvalue weighted by Gasteiger charge is 2.30. The molecule has 9 heteroatoms. The number of rotatable bonds is 3. The van der Waals surface area contributed by atoms with Crippen molar-refractivity contribution >= 4 is 22.6 Å². The fourth-order valence-electron chi connectivity index (χ4n) is 4.66. The number of pyridine rings is 1. The molecule has 2 aliphatic rings. The third-order valence-electron chi connectivity index (χ3n) is 6.54. The molecule has 4 heterocycles. The highest BCUT2D eigenvalue weighted by atomic mass is 16.5. The number of benzene rings is 1. The number of aryl methyl sites for hydroxylation is 1. The van der Waals surface area contributed by atoms with Crippen molar-refractivity contribution in [2.24, 2.45) is 0 Å². The second kappa shape index (κ2) is 8.82. The van der Waals surface area contributed by atoms with E-state index in [2.05, 4.69) is 30.1 Å². The molecule has 1 amide bonds. The number of anilines is 1. The molecule has 0 saturated carbocycles. The Balaban J connectivity index is 1.36. The minimum absolute atomic E-state index is 0.126. The Kier molecular flexibility index (Phi) is 5.72. The van der Waals surface area contributed by atoms with Crippen LogP contribution in [0, 0.1) is 0 Å². The van der Waals surface area contributed by atoms with Gasteiger partial charge >= 0.3 is 0 Å². The second-order valence-corrected chi connectivity index (χ2v) is 8.53. The maximum Gasteiger partial charge on any atom is 0.270 e. The van der Waals surface area contributed by atoms with Crippen LogP contribution in [-0.2, 0) is 13.0 Å². The van der Waals surface area contributed by atoms with Crippen molar-refractivity contribution in [3.8, 4) is 5.75 Å². The number of carbonyl (C=O) groups is 1. The van der Waals surface area contributed by atoms with Crippen LogP contribution in [0.1, 0.15) is 35.1 Å². The molecule has 0 radical (unpaired) electrons. The van der Waals surface area contributed by atoms with Crippen molar-refractivity contribution in [3.63, 3.8) is 0 Å². The van der Waals surface area contributed by atoms with Crippen LogP contribution in [0.15, 0.2) is 35.3 Å². The molecule has 1 saturated heterocycles. The fraction of sp³-hybridized carbons (Fsp3) is 0.417. The first kappa shape index (κ1) is 21.4. The second-order valence-electron chi connectivity index (χ2n) is 8.53. The molecular formula is C24H28N6O3. The van der Waals surface area contributed by atoms with E-state index in [4.69, 9.17) is 4.74 Å². The minimum Gasteiger partial charge on any atom is -0.493 e. The lowest BCUT2D eigenvalue weighted by atomic mass is 10.0. The van der Waals surface area contributed by atoms with E-state index in [1.165, 1.54) is 0 Å². The Hall–Kier alpha value is -3.46. The summed E-state index contributed by atoms with van der Waals surface area (Å²) in [6.45, 7) is 5.95. The fourth-order valence-corrected chi connectivity index (χ4v) is 4.66. The summed E-state index contributed by atoms with van der Waals surface area (Å²) in [5, 5.41) is 2.60. The average Bonchev–Trinajstić information content (AvgIpc) is 2.83. The molecule has 2 aliphatic heterocycles. The normalized spacial score (nSPS) is 18.6. The van der Waals surface area contributed by atoms with Crippen LogP contribution in [0.4, 0.5) is 5.69 Å². The first-order valence-electron chi connectivity index (χ1n) is 11.4. The summed E-state index contributed by atoms with van der Waals surface area (Å²) < 4.78 is 6.15. The van der Waals surface area contributed by atoms with Gasteiger partial charge in [0.15, 0.2) is 0 Å². The van der Waals surface area contributed by atoms with Gasteiger partial charge in [-0.25, -0.2) is 9.97 Å². The van der Waals surface area contributed by atoms with E-state index < -0.39 is 0 Å². The van der Waals surface area contributed by atoms with Crippen LogP contribution < -0.4 is 20.5 Å². The number of ether oxygens (including phenoxy) is 1. The molecule has 2 N–H and O–H groups in total. The Morgan fingerprint density at radius 1 is 1.30 bits per heavy atom. The predicted octanol–water partition coefficient (Wildman–Crippen LogP) is 1.71. The number of hydrogen-bond acceptors (Lipinski definition) is 7. The highest BCUT2D eigenvalue weighted by molar-refractivity contribution is 5.92. The van der Waals surface area contributed by atoms with Crippen LogP contribution >= 0.6 is 0 Å². The molecular weight excluding hydrogens is 420 g/mol. The van der Waals surface area contributed by atoms with Crippen LogP contribution in [-0.4, -0.2) is 65.1 Å². The van der Waals surface area contributed by atoms with Crippen LogP contribution in [0.2, 0.25) is 0 Å². The smallest absolute Gasteiger partial charge is 0.270 e. The van der Waals surface area contributed by atoms with E-state index in [-0.39, 0.29) is 11.5 Å². The first-order chi connectivity index (χ1) is 16.1. The molecule has 3 aromatic rings. The lowest BCUT2D eigenvalue weighted by Crippen LogP contribution is -2.53. The quantitative estimate of drug-likeness (QED) is 0.629. The van der Waals surface area contributed by atoms with Crippen molar-refractivity contribution in [2.45, 2.75) is 32.4 Å². The van der Waals surface area contributed by atoms with Gasteiger partial charge in [-0.05, 0) is 31.0 Å². The van der Waals surface area contributed by atoms with Gasteiger partial charge in [-0.3, -0.25) is 14.5 Å². The number of aromatic amines is 1. The standard InChI is InChI=1S/C24H28N6O3/c1-3-18-24(32)28-20-10-15-13-29-7-8-30(16-4-5-19(26-12-16)23(31)25-2)14-17(29)6-9-33-22(15)11-21(20)27-18/h4-5,10-12,17H,3,6-9,13-14H2,1-2H3,(H,25,31)(H,28,32)/t17-/m0/s1. The Morgan fingerprint density at radius 2 is 2.18 bits per heavy atom. The Labute approximate surface area is 191 Å². The van der Waals surface area contributed by atoms with Gasteiger partial charge in [0.2, 0.25) is 0 Å². The van der Waals surface area contributed by atoms with E-state index in [1.807, 2.05) is 25.1 Å². The zero-order valence-electron chi connectivity index (χ0n) is 18.9. The van der Waals surface area contributed by atoms with E-state index >= 15 is 0 Å². The zero-order chi connectivity index (χ0) is 22.9. The van der Waals surface area contributed by atoms with Crippen molar-refractivity contribution in [1.29, 1.82) is 0 Å². The van der Waals surface area contributed by atoms with E-state index in [9.17, 15) is 9.59 Å². The van der Waals surface area contributed by atoms with Crippen LogP contribution in [0.5, 0.6) is 5.75 Å². The molecule has 172 valence electrons. The number of piperazine rings is 1. The lowest BCUT2D eigenvalue weighted by molar-refractivity contribution is 0.0958. The van der Waals surface area contributed by atoms with Crippen LogP contribution in [0.25, 0.3) is 11.0 Å². The number of H-pyrrole nitrogens is 1. The lowest BCUT2D eigenvalue weighted by Gasteiger charge is -2.43. The molecule has 9 nitrogen and oxygen atoms in total. The Morgan fingerprint density at radius 3 is 2.94 bits per heavy atom. The summed E-state index contributed by atoms with van der Waals surface area (Å²) in [5.41, 5.74) is 4.44. The monoisotopic (exact) mass is 448 g/mol. The van der Waals surface area contributed by atoms with Gasteiger partial charge in [0, 0.05) is 50.9 Å². The third kappa shape index (κ3) is 4.16. The molecule has 1 aromatic carbocycles. The van der Waals surface area contributed by atoms with Gasteiger partial charge in [0.05, 0.1) is 29.5 Å². The van der Waals surface area contributed by atoms with Crippen molar-refractivity contribution in [3.05, 3.63) is 57.8 Å². The summed E-state index contributed by atoms with van der Waals surface area (Å²) in [5.74, 6) is 0.663. The largest absolute Gasteiger partial charge is 0.493 e. The van der Waals surface area contributed by atoms with Crippen LogP contribution in [0.3, 0.4) is 0 Å². The average molecular weight is 449 g/mol. The summed E-state index contributed by atoms with van der Waals surface area (Å²) in [4.78, 5) is 40.6. The van der Waals surface area contributed by atoms with E-state index in [1.54, 1.807) is 19.3 Å². The van der Waals surface area contributed by atoms with Gasteiger partial charge in [-0.1, -0.05) is 6.92 Å². The molecule has 1 atom stereocenters. The number of amides is 1. The van der Waals surface area contributed by atoms with Gasteiger partial charge < -0.3 is 19.9 Å². The minimum atomic E-state index is -0.183. The Bertz CT molecular complexity index is 1240. The molecule has 0 bridgehead atoms. The number of aromatic nitrogens is 3. The predicted molar refractivity (Wildman–Crippen MR) is 126 cm³/mol.